The van der Waals surface area contributed by atoms with E-state index in [0.717, 1.165) is 4.90 Å². The maximum atomic E-state index is 13.2. The third-order valence-electron chi connectivity index (χ3n) is 5.47. The maximum absolute atomic E-state index is 13.2. The molecule has 2 aromatic rings. The first-order valence-electron chi connectivity index (χ1n) is 10.2. The lowest BCUT2D eigenvalue weighted by molar-refractivity contribution is -0.123. The van der Waals surface area contributed by atoms with E-state index in [9.17, 15) is 14.4 Å². The Balaban J connectivity index is 1.50. The van der Waals surface area contributed by atoms with Crippen molar-refractivity contribution in [1.29, 1.82) is 0 Å². The Bertz CT molecular complexity index is 1170. The highest BCUT2D eigenvalue weighted by Gasteiger charge is 2.55. The minimum atomic E-state index is -1.04. The topological polar surface area (TPSA) is 131 Å². The van der Waals surface area contributed by atoms with Crippen LogP contribution in [-0.2, 0) is 14.4 Å². The average Bonchev–Trinajstić information content (AvgIpc) is 3.37. The van der Waals surface area contributed by atoms with E-state index in [-0.39, 0.29) is 6.54 Å². The number of nitrogens with one attached hydrogen (secondary N) is 1. The van der Waals surface area contributed by atoms with Crippen molar-refractivity contribution in [2.45, 2.75) is 12.1 Å². The lowest BCUT2D eigenvalue weighted by Crippen LogP contribution is -2.43. The minimum Gasteiger partial charge on any atom is -0.497 e. The van der Waals surface area contributed by atoms with Gasteiger partial charge in [0.15, 0.2) is 23.6 Å². The predicted octanol–water partition coefficient (Wildman–Crippen LogP) is 1.65. The predicted molar refractivity (Wildman–Crippen MR) is 119 cm³/mol. The van der Waals surface area contributed by atoms with Crippen LogP contribution in [0.4, 0.5) is 11.4 Å². The lowest BCUT2D eigenvalue weighted by atomic mass is 10.1. The van der Waals surface area contributed by atoms with E-state index in [4.69, 9.17) is 18.9 Å². The van der Waals surface area contributed by atoms with Crippen LogP contribution in [0.1, 0.15) is 0 Å². The summed E-state index contributed by atoms with van der Waals surface area (Å²) in [6.07, 6.45) is 0. The Morgan fingerprint density at radius 3 is 2.32 bits per heavy atom. The van der Waals surface area contributed by atoms with Crippen molar-refractivity contribution in [3.8, 4) is 23.0 Å². The standard InChI is InChI=1S/C22H23N5O7/c1-31-13-6-7-14(16(10-13)33-3)23-18(28)11-26-20-19(24-25-26)21(29)27(22(20)30)12-5-8-15(32-2)17(9-12)34-4/h5-10,19-20H,11H2,1-4H3,(H,23,28)/t19-,20+/m0/s1. The normalized spacial score (nSPS) is 18.7. The van der Waals surface area contributed by atoms with Crippen LogP contribution in [0.15, 0.2) is 46.7 Å². The molecule has 12 heteroatoms. The van der Waals surface area contributed by atoms with E-state index in [2.05, 4.69) is 15.7 Å². The van der Waals surface area contributed by atoms with Gasteiger partial charge in [-0.1, -0.05) is 5.22 Å². The van der Waals surface area contributed by atoms with Crippen molar-refractivity contribution in [2.75, 3.05) is 45.2 Å². The molecule has 0 aliphatic carbocycles. The zero-order valence-electron chi connectivity index (χ0n) is 19.0. The second kappa shape index (κ2) is 9.25. The number of carbonyl (C=O) groups is 3. The van der Waals surface area contributed by atoms with Crippen LogP contribution in [0.25, 0.3) is 0 Å². The van der Waals surface area contributed by atoms with E-state index in [1.807, 2.05) is 0 Å². The van der Waals surface area contributed by atoms with Gasteiger partial charge < -0.3 is 24.3 Å². The fraction of sp³-hybridized carbons (Fsp3) is 0.318. The number of hydrogen-bond donors (Lipinski definition) is 1. The highest BCUT2D eigenvalue weighted by molar-refractivity contribution is 6.25. The number of anilines is 2. The van der Waals surface area contributed by atoms with E-state index in [0.29, 0.717) is 34.4 Å². The molecule has 0 spiro atoms. The molecule has 178 valence electrons. The van der Waals surface area contributed by atoms with Crippen LogP contribution >= 0.6 is 0 Å². The van der Waals surface area contributed by atoms with Crippen LogP contribution in [0, 0.1) is 0 Å². The third-order valence-corrected chi connectivity index (χ3v) is 5.47. The first-order valence-corrected chi connectivity index (χ1v) is 10.2. The molecule has 12 nitrogen and oxygen atoms in total. The van der Waals surface area contributed by atoms with Crippen molar-refractivity contribution in [2.24, 2.45) is 10.3 Å². The van der Waals surface area contributed by atoms with Gasteiger partial charge in [-0.2, -0.15) is 5.11 Å². The number of fused-ring (bicyclic) bond motifs is 1. The van der Waals surface area contributed by atoms with Gasteiger partial charge in [-0.05, 0) is 24.3 Å². The highest BCUT2D eigenvalue weighted by atomic mass is 16.5. The van der Waals surface area contributed by atoms with Gasteiger partial charge in [-0.15, -0.1) is 0 Å². The highest BCUT2D eigenvalue weighted by Crippen LogP contribution is 2.36. The smallest absolute Gasteiger partial charge is 0.263 e. The monoisotopic (exact) mass is 469 g/mol. The quantitative estimate of drug-likeness (QED) is 0.578. The van der Waals surface area contributed by atoms with Gasteiger partial charge in [0.2, 0.25) is 5.91 Å². The summed E-state index contributed by atoms with van der Waals surface area (Å²) in [4.78, 5) is 39.8. The van der Waals surface area contributed by atoms with Crippen LogP contribution in [-0.4, -0.2) is 69.8 Å². The fourth-order valence-electron chi connectivity index (χ4n) is 3.81. The van der Waals surface area contributed by atoms with Gasteiger partial charge in [0.1, 0.15) is 18.0 Å². The molecule has 34 heavy (non-hydrogen) atoms. The Morgan fingerprint density at radius 2 is 1.65 bits per heavy atom. The van der Waals surface area contributed by atoms with Crippen LogP contribution in [0.3, 0.4) is 0 Å². The minimum absolute atomic E-state index is 0.293. The van der Waals surface area contributed by atoms with Crippen molar-refractivity contribution < 1.29 is 33.3 Å². The van der Waals surface area contributed by atoms with E-state index in [1.54, 1.807) is 30.3 Å². The molecule has 2 aliphatic heterocycles. The molecule has 1 N–H and O–H groups in total. The number of benzene rings is 2. The van der Waals surface area contributed by atoms with E-state index < -0.39 is 29.8 Å². The van der Waals surface area contributed by atoms with Crippen molar-refractivity contribution in [3.63, 3.8) is 0 Å². The molecule has 2 heterocycles. The number of amides is 3. The third kappa shape index (κ3) is 3.93. The van der Waals surface area contributed by atoms with Crippen molar-refractivity contribution in [3.05, 3.63) is 36.4 Å². The molecule has 2 aromatic carbocycles. The molecule has 0 aromatic heterocycles. The first kappa shape index (κ1) is 22.8. The molecule has 1 fully saturated rings. The summed E-state index contributed by atoms with van der Waals surface area (Å²) >= 11 is 0. The molecule has 3 amide bonds. The first-order chi connectivity index (χ1) is 16.4. The molecule has 2 aliphatic rings. The Kier molecular flexibility index (Phi) is 6.21. The molecule has 4 rings (SSSR count). The zero-order chi connectivity index (χ0) is 24.4. The Hall–Kier alpha value is -4.35. The summed E-state index contributed by atoms with van der Waals surface area (Å²) in [5.74, 6) is 0.249. The Morgan fingerprint density at radius 1 is 0.912 bits per heavy atom. The number of carbonyl (C=O) groups excluding carboxylic acids is 3. The Labute approximate surface area is 195 Å². The summed E-state index contributed by atoms with van der Waals surface area (Å²) in [6.45, 7) is -0.293. The van der Waals surface area contributed by atoms with Crippen molar-refractivity contribution in [1.82, 2.24) is 5.01 Å². The van der Waals surface area contributed by atoms with E-state index >= 15 is 0 Å². The molecular formula is C22H23N5O7. The largest absolute Gasteiger partial charge is 0.497 e. The number of imide groups is 1. The number of rotatable bonds is 8. The van der Waals surface area contributed by atoms with Gasteiger partial charge >= 0.3 is 0 Å². The van der Waals surface area contributed by atoms with Gasteiger partial charge in [-0.3, -0.25) is 19.4 Å². The number of nitrogens with zero attached hydrogens (tertiary/aromatic N) is 4. The van der Waals surface area contributed by atoms with Gasteiger partial charge in [-0.25, -0.2) is 4.90 Å². The van der Waals surface area contributed by atoms with Gasteiger partial charge in [0.05, 0.1) is 39.8 Å². The lowest BCUT2D eigenvalue weighted by Gasteiger charge is -2.21. The second-order valence-corrected chi connectivity index (χ2v) is 7.36. The van der Waals surface area contributed by atoms with Gasteiger partial charge in [0, 0.05) is 12.1 Å². The van der Waals surface area contributed by atoms with Crippen LogP contribution < -0.4 is 29.2 Å². The number of methoxy groups -OCH3 is 4. The summed E-state index contributed by atoms with van der Waals surface area (Å²) < 4.78 is 20.9. The van der Waals surface area contributed by atoms with Crippen LogP contribution in [0.5, 0.6) is 23.0 Å². The summed E-state index contributed by atoms with van der Waals surface area (Å²) in [5, 5.41) is 11.8. The fourth-order valence-corrected chi connectivity index (χ4v) is 3.81. The number of hydrogen-bond acceptors (Lipinski definition) is 10. The average molecular weight is 469 g/mol. The van der Waals surface area contributed by atoms with Gasteiger partial charge in [0.25, 0.3) is 11.8 Å². The summed E-state index contributed by atoms with van der Waals surface area (Å²) in [7, 11) is 5.93. The molecule has 1 saturated heterocycles. The van der Waals surface area contributed by atoms with Crippen LogP contribution in [0.2, 0.25) is 0 Å². The maximum Gasteiger partial charge on any atom is 0.263 e. The molecule has 2 atom stereocenters. The zero-order valence-corrected chi connectivity index (χ0v) is 19.0. The summed E-state index contributed by atoms with van der Waals surface area (Å²) in [6, 6.07) is 7.56. The van der Waals surface area contributed by atoms with E-state index in [1.165, 1.54) is 39.5 Å². The molecule has 0 unspecified atom stereocenters. The van der Waals surface area contributed by atoms with Crippen molar-refractivity contribution >= 4 is 29.1 Å². The summed E-state index contributed by atoms with van der Waals surface area (Å²) in [5.41, 5.74) is 0.728. The second-order valence-electron chi connectivity index (χ2n) is 7.36. The molecular weight excluding hydrogens is 446 g/mol. The number of ether oxygens (including phenoxy) is 4. The SMILES string of the molecule is COc1ccc(NC(=O)CN2N=N[C@@H]3C(=O)N(c4ccc(OC)c(OC)c4)C(=O)[C@@H]32)c(OC)c1. The molecule has 0 radical (unpaired) electrons. The molecule has 0 saturated carbocycles. The molecule has 0 bridgehead atoms.